The number of pyridine rings is 1. The van der Waals surface area contributed by atoms with Crippen molar-refractivity contribution in [2.24, 2.45) is 29.2 Å². The molecule has 37 nitrogen and oxygen atoms in total. The summed E-state index contributed by atoms with van der Waals surface area (Å²) in [6.45, 7) is 15.8. The average Bonchev–Trinajstić information content (AvgIpc) is 1.65. The van der Waals surface area contributed by atoms with Crippen molar-refractivity contribution in [1.29, 1.82) is 0 Å². The molecule has 7 heterocycles. The second-order valence-corrected chi connectivity index (χ2v) is 35.4. The van der Waals surface area contributed by atoms with Crippen molar-refractivity contribution in [3.05, 3.63) is 146 Å². The van der Waals surface area contributed by atoms with E-state index in [9.17, 15) is 43.2 Å². The van der Waals surface area contributed by atoms with E-state index in [-0.39, 0.29) is 102 Å². The van der Waals surface area contributed by atoms with E-state index in [1.165, 1.54) is 73.6 Å². The van der Waals surface area contributed by atoms with Gasteiger partial charge in [0.2, 0.25) is 88.6 Å². The summed E-state index contributed by atoms with van der Waals surface area (Å²) in [5.74, 6) is -17.1. The summed E-state index contributed by atoms with van der Waals surface area (Å²) in [4.78, 5) is 275. The van der Waals surface area contributed by atoms with Crippen LogP contribution in [0.15, 0.2) is 123 Å². The van der Waals surface area contributed by atoms with Gasteiger partial charge in [-0.3, -0.25) is 86.5 Å². The van der Waals surface area contributed by atoms with Crippen LogP contribution in [0.4, 0.5) is 0 Å². The number of nitrogens with zero attached hydrogens (tertiary/aromatic N) is 7. The first-order chi connectivity index (χ1) is 62.6. The van der Waals surface area contributed by atoms with Crippen molar-refractivity contribution in [2.45, 2.75) is 236 Å². The number of carbonyl (C=O) groups excluding carboxylic acids is 17. The van der Waals surface area contributed by atoms with Gasteiger partial charge in [0.1, 0.15) is 60.4 Å². The Hall–Kier alpha value is -12.9. The number of benzene rings is 2. The summed E-state index contributed by atoms with van der Waals surface area (Å²) >= 11 is 0.811. The number of hydrogen-bond donors (Lipinski definition) is 13. The summed E-state index contributed by atoms with van der Waals surface area (Å²) in [6, 6.07) is 2.81. The number of nitrogens with two attached hydrogens (primary N) is 2. The number of thioether (sulfide) groups is 1. The van der Waals surface area contributed by atoms with E-state index in [0.717, 1.165) is 43.4 Å². The average molecular weight is 1830 g/mol. The molecule has 2 aromatic carbocycles. The van der Waals surface area contributed by atoms with Crippen molar-refractivity contribution in [3.63, 3.8) is 0 Å². The lowest BCUT2D eigenvalue weighted by atomic mass is 9.88. The summed E-state index contributed by atoms with van der Waals surface area (Å²) in [6.07, 6.45) is 10.8. The number of aromatic nitrogens is 5. The van der Waals surface area contributed by atoms with E-state index < -0.39 is 216 Å². The highest BCUT2D eigenvalue weighted by atomic mass is 32.2. The Balaban J connectivity index is 1.09. The van der Waals surface area contributed by atoms with Gasteiger partial charge in [-0.25, -0.2) is 4.98 Å². The number of aromatic amines is 3. The van der Waals surface area contributed by atoms with Gasteiger partial charge in [0.25, 0.3) is 0 Å². The molecule has 3 fully saturated rings. The molecule has 0 radical (unpaired) electrons. The molecule has 9 rings (SSSR count). The number of nitrogens with one attached hydrogen (secondary N) is 11. The minimum atomic E-state index is -1.73. The molecule has 15 N–H and O–H groups in total. The fraction of sp³-hybridized carbons (Fsp3) is 0.516. The number of ketones is 2. The van der Waals surface area contributed by atoms with Gasteiger partial charge < -0.3 is 93.5 Å². The fourth-order valence-electron chi connectivity index (χ4n) is 17.0. The molecule has 38 heteroatoms. The van der Waals surface area contributed by atoms with E-state index in [4.69, 9.17) is 11.5 Å². The molecule has 706 valence electrons. The van der Waals surface area contributed by atoms with Crippen molar-refractivity contribution in [3.8, 4) is 0 Å². The number of H-pyrrole nitrogens is 3. The molecule has 3 aliphatic heterocycles. The Morgan fingerprint density at radius 2 is 1.08 bits per heavy atom. The minimum Gasteiger partial charge on any atom is -0.370 e. The maximum atomic E-state index is 15.9. The standard InChI is InChI=1S/C93H126N20O17S/c1-11-15-32-74-87(124)104-67(26-14-4)85(122)108-72(84(121)100-50-80(95)117)51-131-52-81(118)102-70(44-60-27-21-22-36-97-60)90(127)109(8)55(7)82(119)106-71(46-79(94)116)92(129)113-38-24-35-75(113)88(125)105-68(45-61-49-96-53-101-61)86(123)107-69(39-54(5)6)91(128)112-37-23-34-73(112)78(115)42-56(40-58-47-98-64-30-19-17-28-62(58)64)83(120)103-66(25-13-3)77(114)43-57(41-59-48-99-65-31-20-18-29-63(59)65)89(126)111(10)76(33-16-12-2)93(130)110(74)9/h13-14,17-22,27-31,36,47-49,53-57,66-76,98-99H,3-4,11-12,15-16,23-26,32-35,37-46,50-52H2,1-2,5-10H3,(H2,94,116)(H2,95,117)(H,96,101)(H,100,121)(H,102,118)(H,103,120)(H,104,124)(H,105,125)(H,106,119)(H,107,123)(H,108,122)/t55-,56+,57+,66-,67-,68-,69-,70-,71-,72-,73-,74-,75-,76-/m0/s1. The van der Waals surface area contributed by atoms with Gasteiger partial charge in [-0.1, -0.05) is 108 Å². The Bertz CT molecular complexity index is 5080. The maximum Gasteiger partial charge on any atom is 0.246 e. The second kappa shape index (κ2) is 49.2. The van der Waals surface area contributed by atoms with Gasteiger partial charge >= 0.3 is 0 Å². The zero-order valence-electron chi connectivity index (χ0n) is 75.8. The summed E-state index contributed by atoms with van der Waals surface area (Å²) < 4.78 is 0. The summed E-state index contributed by atoms with van der Waals surface area (Å²) in [5, 5.41) is 23.1. The predicted molar refractivity (Wildman–Crippen MR) is 490 cm³/mol. The molecule has 3 saturated heterocycles. The largest absolute Gasteiger partial charge is 0.370 e. The van der Waals surface area contributed by atoms with Gasteiger partial charge in [0, 0.05) is 130 Å². The minimum absolute atomic E-state index is 0.0364. The number of hydrogen-bond acceptors (Lipinski definition) is 20. The normalized spacial score (nSPS) is 24.7. The topological polar surface area (TPSA) is 528 Å². The smallest absolute Gasteiger partial charge is 0.246 e. The highest BCUT2D eigenvalue weighted by molar-refractivity contribution is 8.00. The molecule has 6 aromatic rings. The molecule has 4 aromatic heterocycles. The van der Waals surface area contributed by atoms with E-state index in [1.54, 1.807) is 30.6 Å². The monoisotopic (exact) mass is 1830 g/mol. The number of imidazole rings is 1. The number of rotatable bonds is 25. The Morgan fingerprint density at radius 3 is 1.69 bits per heavy atom. The Morgan fingerprint density at radius 1 is 0.534 bits per heavy atom. The Kier molecular flexibility index (Phi) is 38.3. The first-order valence-electron chi connectivity index (χ1n) is 44.8. The van der Waals surface area contributed by atoms with Crippen LogP contribution >= 0.6 is 11.8 Å². The summed E-state index contributed by atoms with van der Waals surface area (Å²) in [7, 11) is 4.12. The molecule has 15 amide bonds. The third-order valence-electron chi connectivity index (χ3n) is 24.3. The number of unbranched alkanes of at least 4 members (excludes halogenated alkanes) is 2. The molecule has 0 saturated carbocycles. The molecule has 0 spiro atoms. The zero-order valence-corrected chi connectivity index (χ0v) is 76.6. The highest BCUT2D eigenvalue weighted by Crippen LogP contribution is 2.31. The molecular weight excluding hydrogens is 1700 g/mol. The molecule has 0 unspecified atom stereocenters. The van der Waals surface area contributed by atoms with E-state index in [2.05, 4.69) is 80.6 Å². The SMILES string of the molecule is C=CC[C@@H]1NC(=O)[C@H](Cc2c[nH]c3ccccc23)CC(=O)[C@@H]2CCCN2C(=O)[C@H](CC(C)C)NC(=O)[C@H](Cc2c[nH]cn2)NC(=O)[C@@H]2CCCN2C(=O)[C@H](CC(N)=O)NC(=O)[C@H](C)N(C)C(=O)[C@H](Cc2ccccn2)NC(=O)CSC[C@@H](C(=O)NCC(N)=O)NC(=O)[C@H](CC=C)NC(=O)[C@H](CCCC)N(C)C(=O)[C@H](CCCC)N(C)C(=O)[C@H](Cc2c[nH]c3ccccc23)CC1=O. The predicted octanol–water partition coefficient (Wildman–Crippen LogP) is 2.87. The third kappa shape index (κ3) is 28.1. The van der Waals surface area contributed by atoms with E-state index in [0.29, 0.717) is 54.6 Å². The summed E-state index contributed by atoms with van der Waals surface area (Å²) in [5.41, 5.74) is 14.6. The lowest BCUT2D eigenvalue weighted by Crippen LogP contribution is -2.60. The van der Waals surface area contributed by atoms with E-state index >= 15 is 38.4 Å². The first kappa shape index (κ1) is 102. The van der Waals surface area contributed by atoms with Gasteiger partial charge in [0.05, 0.1) is 42.8 Å². The number of carbonyl (C=O) groups is 17. The van der Waals surface area contributed by atoms with Crippen LogP contribution in [0.3, 0.4) is 0 Å². The quantitative estimate of drug-likeness (QED) is 0.0366. The molecule has 0 bridgehead atoms. The Labute approximate surface area is 766 Å². The van der Waals surface area contributed by atoms with Crippen LogP contribution in [0.25, 0.3) is 21.8 Å². The molecule has 131 heavy (non-hydrogen) atoms. The van der Waals surface area contributed by atoms with Crippen LogP contribution in [-0.4, -0.2) is 274 Å². The molecule has 14 atom stereocenters. The van der Waals surface area contributed by atoms with Crippen molar-refractivity contribution < 1.29 is 81.5 Å². The number of primary amides is 2. The van der Waals surface area contributed by atoms with E-state index in [1.807, 2.05) is 76.2 Å². The fourth-order valence-corrected chi connectivity index (χ4v) is 17.9. The molecule has 0 aliphatic carbocycles. The van der Waals surface area contributed by atoms with Crippen LogP contribution in [-0.2, 0) is 107 Å². The lowest BCUT2D eigenvalue weighted by Gasteiger charge is -2.36. The van der Waals surface area contributed by atoms with Crippen molar-refractivity contribution in [1.82, 2.24) is 92.0 Å². The number of likely N-dealkylation sites (N-methyl/N-ethyl adjacent to an activating group) is 3. The number of Topliss-reactive ketones (excluding diaryl/α,β-unsaturated/α-hetero) is 2. The van der Waals surface area contributed by atoms with Crippen LogP contribution < -0.4 is 54.0 Å². The van der Waals surface area contributed by atoms with Gasteiger partial charge in [0.15, 0.2) is 11.6 Å². The second-order valence-electron chi connectivity index (χ2n) is 34.4. The first-order valence-corrected chi connectivity index (χ1v) is 46.0. The van der Waals surface area contributed by atoms with Crippen LogP contribution in [0.5, 0.6) is 0 Å². The number of fused-ring (bicyclic) bond motifs is 4. The van der Waals surface area contributed by atoms with Crippen LogP contribution in [0, 0.1) is 17.8 Å². The van der Waals surface area contributed by atoms with Crippen LogP contribution in [0.2, 0.25) is 0 Å². The maximum absolute atomic E-state index is 15.9. The van der Waals surface area contributed by atoms with Crippen molar-refractivity contribution >= 4 is 134 Å². The highest BCUT2D eigenvalue weighted by Gasteiger charge is 2.46. The number of para-hydroxylation sites is 2. The zero-order chi connectivity index (χ0) is 95.3. The van der Waals surface area contributed by atoms with Gasteiger partial charge in [-0.2, -0.15) is 0 Å². The van der Waals surface area contributed by atoms with Gasteiger partial charge in [-0.05, 0) is 119 Å². The number of amides is 15. The molecule has 3 aliphatic rings. The third-order valence-corrected chi connectivity index (χ3v) is 25.3. The molecular formula is C93H126N20O17S. The van der Waals surface area contributed by atoms with Gasteiger partial charge in [-0.15, -0.1) is 24.9 Å². The lowest BCUT2D eigenvalue weighted by molar-refractivity contribution is -0.150. The van der Waals surface area contributed by atoms with Crippen molar-refractivity contribution in [2.75, 3.05) is 52.3 Å². The van der Waals surface area contributed by atoms with Crippen LogP contribution in [0.1, 0.15) is 160 Å².